The van der Waals surface area contributed by atoms with Crippen molar-refractivity contribution in [2.75, 3.05) is 25.5 Å². The van der Waals surface area contributed by atoms with Gasteiger partial charge in [0.25, 0.3) is 0 Å². The number of carbonyl (C=O) groups excluding carboxylic acids is 1. The van der Waals surface area contributed by atoms with Crippen LogP contribution in [0.3, 0.4) is 0 Å². The summed E-state index contributed by atoms with van der Waals surface area (Å²) in [6.07, 6.45) is 0.360. The summed E-state index contributed by atoms with van der Waals surface area (Å²) in [5.41, 5.74) is 1.73. The second kappa shape index (κ2) is 6.40. The van der Waals surface area contributed by atoms with Crippen molar-refractivity contribution in [1.29, 1.82) is 0 Å². The van der Waals surface area contributed by atoms with E-state index in [9.17, 15) is 9.90 Å². The van der Waals surface area contributed by atoms with Gasteiger partial charge in [0.2, 0.25) is 5.91 Å². The van der Waals surface area contributed by atoms with Crippen LogP contribution in [0.2, 0.25) is 0 Å². The molecule has 0 unspecified atom stereocenters. The molecular weight excluding hydrogens is 228 g/mol. The van der Waals surface area contributed by atoms with E-state index < -0.39 is 0 Å². The van der Waals surface area contributed by atoms with Gasteiger partial charge >= 0.3 is 0 Å². The molecular formula is C14H22N2O2. The number of nitrogens with one attached hydrogen (secondary N) is 2. The summed E-state index contributed by atoms with van der Waals surface area (Å²) in [5.74, 6) is -0.00864. The molecule has 0 bridgehead atoms. The Labute approximate surface area is 108 Å². The van der Waals surface area contributed by atoms with E-state index in [2.05, 4.69) is 10.6 Å². The van der Waals surface area contributed by atoms with Crippen molar-refractivity contribution in [1.82, 2.24) is 5.32 Å². The molecule has 18 heavy (non-hydrogen) atoms. The first kappa shape index (κ1) is 14.5. The standard InChI is InChI=1S/C14H22N2O2/c1-14(2,10-17)9-16-12-7-5-4-6-11(12)8-13(18)15-3/h4-7,16-17H,8-10H2,1-3H3,(H,15,18). The van der Waals surface area contributed by atoms with E-state index in [0.29, 0.717) is 13.0 Å². The molecule has 1 amide bonds. The van der Waals surface area contributed by atoms with Crippen LogP contribution in [0.25, 0.3) is 0 Å². The van der Waals surface area contributed by atoms with E-state index in [4.69, 9.17) is 0 Å². The Bertz CT molecular complexity index is 403. The van der Waals surface area contributed by atoms with Crippen molar-refractivity contribution in [2.24, 2.45) is 5.41 Å². The number of para-hydroxylation sites is 1. The molecule has 0 aromatic heterocycles. The summed E-state index contributed by atoms with van der Waals surface area (Å²) in [7, 11) is 1.63. The molecule has 0 aliphatic carbocycles. The van der Waals surface area contributed by atoms with Crippen LogP contribution in [-0.2, 0) is 11.2 Å². The smallest absolute Gasteiger partial charge is 0.224 e. The largest absolute Gasteiger partial charge is 0.396 e. The highest BCUT2D eigenvalue weighted by Crippen LogP contribution is 2.19. The van der Waals surface area contributed by atoms with E-state index in [0.717, 1.165) is 11.3 Å². The second-order valence-electron chi connectivity index (χ2n) is 5.18. The van der Waals surface area contributed by atoms with Gasteiger partial charge in [-0.1, -0.05) is 32.0 Å². The molecule has 1 aromatic carbocycles. The van der Waals surface area contributed by atoms with Gasteiger partial charge < -0.3 is 15.7 Å². The van der Waals surface area contributed by atoms with Crippen LogP contribution >= 0.6 is 0 Å². The van der Waals surface area contributed by atoms with Gasteiger partial charge in [0.15, 0.2) is 0 Å². The van der Waals surface area contributed by atoms with Crippen molar-refractivity contribution < 1.29 is 9.90 Å². The number of rotatable bonds is 6. The minimum absolute atomic E-state index is 0.00864. The molecule has 4 heteroatoms. The maximum Gasteiger partial charge on any atom is 0.224 e. The zero-order valence-corrected chi connectivity index (χ0v) is 11.3. The molecule has 0 saturated carbocycles. The van der Waals surface area contributed by atoms with Crippen LogP contribution in [0.4, 0.5) is 5.69 Å². The lowest BCUT2D eigenvalue weighted by Gasteiger charge is -2.23. The van der Waals surface area contributed by atoms with Gasteiger partial charge in [-0.15, -0.1) is 0 Å². The Balaban J connectivity index is 2.73. The molecule has 1 rings (SSSR count). The van der Waals surface area contributed by atoms with E-state index in [1.165, 1.54) is 0 Å². The summed E-state index contributed by atoms with van der Waals surface area (Å²) < 4.78 is 0. The highest BCUT2D eigenvalue weighted by atomic mass is 16.3. The first-order valence-electron chi connectivity index (χ1n) is 6.12. The zero-order chi connectivity index (χ0) is 13.6. The van der Waals surface area contributed by atoms with Crippen molar-refractivity contribution in [3.8, 4) is 0 Å². The number of anilines is 1. The van der Waals surface area contributed by atoms with Crippen molar-refractivity contribution in [3.63, 3.8) is 0 Å². The van der Waals surface area contributed by atoms with Crippen LogP contribution < -0.4 is 10.6 Å². The predicted molar refractivity (Wildman–Crippen MR) is 73.6 cm³/mol. The zero-order valence-electron chi connectivity index (χ0n) is 11.3. The average Bonchev–Trinajstić information content (AvgIpc) is 2.37. The summed E-state index contributed by atoms with van der Waals surface area (Å²) in [6, 6.07) is 7.73. The lowest BCUT2D eigenvalue weighted by Crippen LogP contribution is -2.27. The molecule has 4 nitrogen and oxygen atoms in total. The molecule has 0 spiro atoms. The number of carbonyl (C=O) groups is 1. The molecule has 0 radical (unpaired) electrons. The number of amides is 1. The minimum Gasteiger partial charge on any atom is -0.396 e. The fourth-order valence-electron chi connectivity index (χ4n) is 1.50. The Morgan fingerprint density at radius 2 is 2.00 bits per heavy atom. The molecule has 0 atom stereocenters. The highest BCUT2D eigenvalue weighted by molar-refractivity contribution is 5.80. The van der Waals surface area contributed by atoms with E-state index in [1.807, 2.05) is 38.1 Å². The number of aliphatic hydroxyl groups is 1. The Morgan fingerprint density at radius 3 is 2.61 bits per heavy atom. The molecule has 0 aliphatic heterocycles. The van der Waals surface area contributed by atoms with Gasteiger partial charge in [0, 0.05) is 31.3 Å². The quantitative estimate of drug-likeness (QED) is 0.715. The first-order valence-corrected chi connectivity index (χ1v) is 6.12. The third kappa shape index (κ3) is 4.37. The van der Waals surface area contributed by atoms with Crippen molar-refractivity contribution in [3.05, 3.63) is 29.8 Å². The van der Waals surface area contributed by atoms with E-state index in [1.54, 1.807) is 7.05 Å². The summed E-state index contributed by atoms with van der Waals surface area (Å²) >= 11 is 0. The molecule has 3 N–H and O–H groups in total. The summed E-state index contributed by atoms with van der Waals surface area (Å²) in [5, 5.41) is 15.1. The fraction of sp³-hybridized carbons (Fsp3) is 0.500. The van der Waals surface area contributed by atoms with E-state index in [-0.39, 0.29) is 17.9 Å². The number of benzene rings is 1. The topological polar surface area (TPSA) is 61.4 Å². The third-order valence-corrected chi connectivity index (χ3v) is 2.83. The maximum atomic E-state index is 11.4. The maximum absolute atomic E-state index is 11.4. The average molecular weight is 250 g/mol. The van der Waals surface area contributed by atoms with Crippen molar-refractivity contribution in [2.45, 2.75) is 20.3 Å². The Morgan fingerprint density at radius 1 is 1.33 bits per heavy atom. The first-order chi connectivity index (χ1) is 8.48. The molecule has 0 fully saturated rings. The molecule has 100 valence electrons. The van der Waals surface area contributed by atoms with Gasteiger partial charge in [-0.05, 0) is 11.6 Å². The highest BCUT2D eigenvalue weighted by Gasteiger charge is 2.16. The molecule has 0 aliphatic rings. The van der Waals surface area contributed by atoms with Gasteiger partial charge in [0.05, 0.1) is 6.42 Å². The van der Waals surface area contributed by atoms with Gasteiger partial charge in [-0.2, -0.15) is 0 Å². The predicted octanol–water partition coefficient (Wildman–Crippen LogP) is 1.41. The molecule has 0 saturated heterocycles. The number of aliphatic hydroxyl groups excluding tert-OH is 1. The van der Waals surface area contributed by atoms with Crippen molar-refractivity contribution >= 4 is 11.6 Å². The van der Waals surface area contributed by atoms with Crippen LogP contribution in [0.1, 0.15) is 19.4 Å². The fourth-order valence-corrected chi connectivity index (χ4v) is 1.50. The normalized spacial score (nSPS) is 11.1. The number of hydrogen-bond donors (Lipinski definition) is 3. The van der Waals surface area contributed by atoms with Crippen LogP contribution in [0, 0.1) is 5.41 Å². The Kier molecular flexibility index (Phi) is 5.16. The number of likely N-dealkylation sites (N-methyl/N-ethyl adjacent to an activating group) is 1. The van der Waals surface area contributed by atoms with Crippen LogP contribution in [-0.4, -0.2) is 31.2 Å². The lowest BCUT2D eigenvalue weighted by atomic mass is 9.94. The van der Waals surface area contributed by atoms with Crippen LogP contribution in [0.5, 0.6) is 0 Å². The van der Waals surface area contributed by atoms with Crippen LogP contribution in [0.15, 0.2) is 24.3 Å². The number of hydrogen-bond acceptors (Lipinski definition) is 3. The van der Waals surface area contributed by atoms with E-state index >= 15 is 0 Å². The minimum atomic E-state index is -0.180. The van der Waals surface area contributed by atoms with Gasteiger partial charge in [-0.3, -0.25) is 4.79 Å². The monoisotopic (exact) mass is 250 g/mol. The molecule has 1 aromatic rings. The van der Waals surface area contributed by atoms with Gasteiger partial charge in [-0.25, -0.2) is 0 Å². The second-order valence-corrected chi connectivity index (χ2v) is 5.18. The SMILES string of the molecule is CNC(=O)Cc1ccccc1NCC(C)(C)CO. The summed E-state index contributed by atoms with van der Waals surface area (Å²) in [4.78, 5) is 11.4. The van der Waals surface area contributed by atoms with Gasteiger partial charge in [0.1, 0.15) is 0 Å². The summed E-state index contributed by atoms with van der Waals surface area (Å²) in [6.45, 7) is 4.76. The third-order valence-electron chi connectivity index (χ3n) is 2.83. The molecule has 0 heterocycles. The Hall–Kier alpha value is -1.55. The lowest BCUT2D eigenvalue weighted by molar-refractivity contribution is -0.119.